The van der Waals surface area contributed by atoms with E-state index < -0.39 is 0 Å². The van der Waals surface area contributed by atoms with Crippen molar-refractivity contribution in [3.63, 3.8) is 0 Å². The molecular weight excluding hydrogens is 216 g/mol. The van der Waals surface area contributed by atoms with Gasteiger partial charge < -0.3 is 8.98 Å². The number of furan rings is 1. The molecule has 5 heteroatoms. The first-order valence-electron chi connectivity index (χ1n) is 5.21. The molecule has 0 saturated carbocycles. The van der Waals surface area contributed by atoms with Crippen LogP contribution in [-0.2, 0) is 6.54 Å². The van der Waals surface area contributed by atoms with Crippen LogP contribution >= 0.6 is 0 Å². The average Bonchev–Trinajstić information content (AvgIpc) is 2.98. The minimum absolute atomic E-state index is 0.660. The van der Waals surface area contributed by atoms with E-state index in [2.05, 4.69) is 21.5 Å². The maximum absolute atomic E-state index is 5.37. The van der Waals surface area contributed by atoms with Gasteiger partial charge in [-0.25, -0.2) is 15.0 Å². The first kappa shape index (κ1) is 9.77. The molecule has 0 N–H and O–H groups in total. The van der Waals surface area contributed by atoms with Crippen molar-refractivity contribution in [2.45, 2.75) is 6.54 Å². The minimum Gasteiger partial charge on any atom is -0.463 e. The number of nitrogens with zero attached hydrogens (tertiary/aromatic N) is 4. The monoisotopic (exact) mass is 226 g/mol. The summed E-state index contributed by atoms with van der Waals surface area (Å²) in [5.41, 5.74) is 2.27. The molecule has 0 fully saturated rings. The lowest BCUT2D eigenvalue weighted by molar-refractivity contribution is 0.580. The zero-order valence-electron chi connectivity index (χ0n) is 9.08. The number of hydrogen-bond acceptors (Lipinski definition) is 4. The van der Waals surface area contributed by atoms with Gasteiger partial charge in [-0.3, -0.25) is 0 Å². The van der Waals surface area contributed by atoms with Crippen LogP contribution in [0.1, 0.15) is 0 Å². The highest BCUT2D eigenvalue weighted by Gasteiger charge is 2.13. The van der Waals surface area contributed by atoms with E-state index in [4.69, 9.17) is 4.42 Å². The summed E-state index contributed by atoms with van der Waals surface area (Å²) in [6.07, 6.45) is 6.65. The lowest BCUT2D eigenvalue weighted by atomic mass is 10.3. The fourth-order valence-electron chi connectivity index (χ4n) is 1.78. The highest BCUT2D eigenvalue weighted by molar-refractivity contribution is 5.85. The van der Waals surface area contributed by atoms with E-state index in [9.17, 15) is 0 Å². The van der Waals surface area contributed by atoms with Crippen molar-refractivity contribution in [3.05, 3.63) is 43.7 Å². The van der Waals surface area contributed by atoms with Crippen LogP contribution in [0.4, 0.5) is 0 Å². The lowest BCUT2D eigenvalue weighted by Crippen LogP contribution is -1.96. The summed E-state index contributed by atoms with van der Waals surface area (Å²) in [4.78, 5) is 12.6. The molecule has 0 aliphatic carbocycles. The lowest BCUT2D eigenvalue weighted by Gasteiger charge is -2.02. The fraction of sp³-hybridized carbons (Fsp3) is 0.0833. The van der Waals surface area contributed by atoms with Crippen molar-refractivity contribution in [1.29, 1.82) is 0 Å². The summed E-state index contributed by atoms with van der Waals surface area (Å²) in [7, 11) is 0. The second-order valence-electron chi connectivity index (χ2n) is 3.56. The van der Waals surface area contributed by atoms with E-state index in [1.807, 2.05) is 16.7 Å². The van der Waals surface area contributed by atoms with E-state index in [1.54, 1.807) is 18.7 Å². The summed E-state index contributed by atoms with van der Waals surface area (Å²) in [6.45, 7) is 4.39. The van der Waals surface area contributed by atoms with Crippen LogP contribution in [0.5, 0.6) is 0 Å². The maximum Gasteiger partial charge on any atom is 0.181 e. The molecule has 84 valence electrons. The van der Waals surface area contributed by atoms with Crippen molar-refractivity contribution in [1.82, 2.24) is 19.5 Å². The number of fused-ring (bicyclic) bond motifs is 1. The number of imidazole rings is 1. The van der Waals surface area contributed by atoms with Crippen LogP contribution in [0.3, 0.4) is 0 Å². The Morgan fingerprint density at radius 1 is 1.35 bits per heavy atom. The Hall–Kier alpha value is -2.43. The molecule has 3 aromatic heterocycles. The first-order chi connectivity index (χ1) is 8.40. The van der Waals surface area contributed by atoms with Crippen molar-refractivity contribution >= 4 is 11.2 Å². The van der Waals surface area contributed by atoms with Crippen LogP contribution in [0.15, 0.2) is 48.1 Å². The summed E-state index contributed by atoms with van der Waals surface area (Å²) in [5, 5.41) is 0. The molecule has 5 nitrogen and oxygen atoms in total. The molecule has 3 aromatic rings. The largest absolute Gasteiger partial charge is 0.463 e. The zero-order valence-corrected chi connectivity index (χ0v) is 9.08. The summed E-state index contributed by atoms with van der Waals surface area (Å²) < 4.78 is 7.32. The fourth-order valence-corrected chi connectivity index (χ4v) is 1.78. The summed E-state index contributed by atoms with van der Waals surface area (Å²) in [6, 6.07) is 3.70. The topological polar surface area (TPSA) is 56.7 Å². The Morgan fingerprint density at radius 3 is 3.06 bits per heavy atom. The molecule has 0 amide bonds. The molecule has 0 aromatic carbocycles. The predicted octanol–water partition coefficient (Wildman–Crippen LogP) is 2.27. The molecule has 0 atom stereocenters. The quantitative estimate of drug-likeness (QED) is 0.643. The molecule has 0 aliphatic heterocycles. The van der Waals surface area contributed by atoms with Crippen LogP contribution in [-0.4, -0.2) is 19.5 Å². The van der Waals surface area contributed by atoms with E-state index in [1.165, 1.54) is 6.33 Å². The van der Waals surface area contributed by atoms with Gasteiger partial charge in [-0.15, -0.1) is 6.58 Å². The van der Waals surface area contributed by atoms with Crippen molar-refractivity contribution in [2.24, 2.45) is 0 Å². The number of aromatic nitrogens is 4. The van der Waals surface area contributed by atoms with Gasteiger partial charge in [0.2, 0.25) is 0 Å². The molecule has 3 heterocycles. The molecule has 0 radical (unpaired) electrons. The smallest absolute Gasteiger partial charge is 0.181 e. The van der Waals surface area contributed by atoms with Gasteiger partial charge in [0.25, 0.3) is 0 Å². The molecule has 3 rings (SSSR count). The summed E-state index contributed by atoms with van der Waals surface area (Å²) >= 11 is 0. The first-order valence-corrected chi connectivity index (χ1v) is 5.21. The van der Waals surface area contributed by atoms with Crippen LogP contribution < -0.4 is 0 Å². The minimum atomic E-state index is 0.660. The molecular formula is C12H10N4O. The highest BCUT2D eigenvalue weighted by Crippen LogP contribution is 2.24. The summed E-state index contributed by atoms with van der Waals surface area (Å²) in [5.74, 6) is 0.711. The van der Waals surface area contributed by atoms with Crippen LogP contribution in [0, 0.1) is 0 Å². The average molecular weight is 226 g/mol. The van der Waals surface area contributed by atoms with Crippen molar-refractivity contribution in [2.75, 3.05) is 0 Å². The normalized spacial score (nSPS) is 10.8. The van der Waals surface area contributed by atoms with Crippen LogP contribution in [0.2, 0.25) is 0 Å². The van der Waals surface area contributed by atoms with Gasteiger partial charge in [0.1, 0.15) is 17.5 Å². The Bertz CT molecular complexity index is 654. The standard InChI is InChI=1S/C12H10N4O/c1-2-5-16-8-15-12-11(16)10(13-7-14-12)9-4-3-6-17-9/h2-4,6-8H,1,5H2. The van der Waals surface area contributed by atoms with Gasteiger partial charge in [-0.05, 0) is 12.1 Å². The number of rotatable bonds is 3. The molecule has 0 spiro atoms. The van der Waals surface area contributed by atoms with Crippen LogP contribution in [0.25, 0.3) is 22.6 Å². The van der Waals surface area contributed by atoms with Crippen molar-refractivity contribution < 1.29 is 4.42 Å². The molecule has 0 aliphatic rings. The Morgan fingerprint density at radius 2 is 2.29 bits per heavy atom. The third-order valence-corrected chi connectivity index (χ3v) is 2.49. The van der Waals surface area contributed by atoms with Crippen molar-refractivity contribution in [3.8, 4) is 11.5 Å². The Balaban J connectivity index is 2.30. The van der Waals surface area contributed by atoms with E-state index in [0.29, 0.717) is 18.0 Å². The second kappa shape index (κ2) is 3.86. The highest BCUT2D eigenvalue weighted by atomic mass is 16.3. The van der Waals surface area contributed by atoms with Gasteiger partial charge >= 0.3 is 0 Å². The second-order valence-corrected chi connectivity index (χ2v) is 3.56. The Kier molecular flexibility index (Phi) is 2.22. The molecule has 0 saturated heterocycles. The predicted molar refractivity (Wildman–Crippen MR) is 63.2 cm³/mol. The van der Waals surface area contributed by atoms with E-state index in [0.717, 1.165) is 11.2 Å². The number of hydrogen-bond donors (Lipinski definition) is 0. The number of allylic oxidation sites excluding steroid dienone is 1. The molecule has 0 unspecified atom stereocenters. The van der Waals surface area contributed by atoms with Gasteiger partial charge in [0.05, 0.1) is 12.6 Å². The van der Waals surface area contributed by atoms with E-state index >= 15 is 0 Å². The molecule has 17 heavy (non-hydrogen) atoms. The van der Waals surface area contributed by atoms with Gasteiger partial charge in [-0.2, -0.15) is 0 Å². The van der Waals surface area contributed by atoms with E-state index in [-0.39, 0.29) is 0 Å². The SMILES string of the molecule is C=CCn1cnc2ncnc(-c3ccco3)c21. The third kappa shape index (κ3) is 1.52. The maximum atomic E-state index is 5.37. The van der Waals surface area contributed by atoms with Gasteiger partial charge in [0.15, 0.2) is 11.4 Å². The van der Waals surface area contributed by atoms with Gasteiger partial charge in [-0.1, -0.05) is 6.08 Å². The van der Waals surface area contributed by atoms with Gasteiger partial charge in [0, 0.05) is 6.54 Å². The Labute approximate surface area is 97.4 Å². The molecule has 0 bridgehead atoms. The third-order valence-electron chi connectivity index (χ3n) is 2.49. The zero-order chi connectivity index (χ0) is 11.7.